The van der Waals surface area contributed by atoms with Crippen molar-refractivity contribution in [3.05, 3.63) is 34.9 Å². The monoisotopic (exact) mass is 274 g/mol. The first-order valence-corrected chi connectivity index (χ1v) is 4.75. The highest BCUT2D eigenvalue weighted by atomic mass is 19.2. The van der Waals surface area contributed by atoms with E-state index in [9.17, 15) is 23.2 Å². The van der Waals surface area contributed by atoms with E-state index in [4.69, 9.17) is 10.8 Å². The number of aromatic carboxylic acids is 1. The van der Waals surface area contributed by atoms with Gasteiger partial charge in [0, 0.05) is 0 Å². The first-order chi connectivity index (χ1) is 8.82. The van der Waals surface area contributed by atoms with Crippen molar-refractivity contribution >= 4 is 17.8 Å². The van der Waals surface area contributed by atoms with Gasteiger partial charge in [0.1, 0.15) is 0 Å². The summed E-state index contributed by atoms with van der Waals surface area (Å²) in [7, 11) is 0. The molecule has 7 nitrogen and oxygen atoms in total. The molecule has 0 aromatic heterocycles. The number of halogens is 2. The van der Waals surface area contributed by atoms with Gasteiger partial charge >= 0.3 is 5.97 Å². The number of nitrogens with one attached hydrogen (secondary N) is 1. The summed E-state index contributed by atoms with van der Waals surface area (Å²) in [4.78, 5) is 36.9. The Morgan fingerprint density at radius 3 is 2.21 bits per heavy atom. The second kappa shape index (κ2) is 5.87. The van der Waals surface area contributed by atoms with E-state index >= 15 is 0 Å². The third-order valence-electron chi connectivity index (χ3n) is 1.91. The van der Waals surface area contributed by atoms with Crippen LogP contribution in [0.5, 0.6) is 0 Å². The lowest BCUT2D eigenvalue weighted by Gasteiger charge is -2.07. The SMILES string of the molecule is NC(=O)CONC(=O)c1cc(F)c(F)cc1C(=O)O. The minimum absolute atomic E-state index is 0.362. The number of benzene rings is 1. The topological polar surface area (TPSA) is 119 Å². The van der Waals surface area contributed by atoms with E-state index < -0.39 is 47.2 Å². The largest absolute Gasteiger partial charge is 0.478 e. The quantitative estimate of drug-likeness (QED) is 0.643. The van der Waals surface area contributed by atoms with Crippen LogP contribution in [-0.2, 0) is 9.63 Å². The van der Waals surface area contributed by atoms with Crippen LogP contribution < -0.4 is 11.2 Å². The number of rotatable bonds is 5. The zero-order chi connectivity index (χ0) is 14.6. The number of hydroxylamine groups is 1. The lowest BCUT2D eigenvalue weighted by Crippen LogP contribution is -2.30. The maximum absolute atomic E-state index is 13.0. The molecule has 9 heteroatoms. The molecular weight excluding hydrogens is 266 g/mol. The van der Waals surface area contributed by atoms with Crippen LogP contribution in [0, 0.1) is 11.6 Å². The molecule has 0 unspecified atom stereocenters. The maximum atomic E-state index is 13.0. The molecule has 0 spiro atoms. The molecule has 0 saturated heterocycles. The molecule has 0 saturated carbocycles. The van der Waals surface area contributed by atoms with Crippen molar-refractivity contribution in [2.24, 2.45) is 5.73 Å². The predicted octanol–water partition coefficient (Wildman–Crippen LogP) is -0.190. The third kappa shape index (κ3) is 3.71. The fraction of sp³-hybridized carbons (Fsp3) is 0.100. The van der Waals surface area contributed by atoms with Gasteiger partial charge in [-0.25, -0.2) is 19.1 Å². The number of amides is 2. The molecule has 4 N–H and O–H groups in total. The number of carboxylic acid groups (broad SMARTS) is 1. The summed E-state index contributed by atoms with van der Waals surface area (Å²) in [6, 6.07) is 0.766. The van der Waals surface area contributed by atoms with Gasteiger partial charge in [-0.15, -0.1) is 0 Å². The van der Waals surface area contributed by atoms with Crippen molar-refractivity contribution in [1.82, 2.24) is 5.48 Å². The zero-order valence-electron chi connectivity index (χ0n) is 9.28. The van der Waals surface area contributed by atoms with Crippen LogP contribution in [0.4, 0.5) is 8.78 Å². The Hall–Kier alpha value is -2.55. The van der Waals surface area contributed by atoms with Gasteiger partial charge in [0.25, 0.3) is 5.91 Å². The second-order valence-electron chi connectivity index (χ2n) is 3.30. The number of hydrogen-bond acceptors (Lipinski definition) is 4. The zero-order valence-corrected chi connectivity index (χ0v) is 9.28. The van der Waals surface area contributed by atoms with E-state index in [0.717, 1.165) is 0 Å². The fourth-order valence-electron chi connectivity index (χ4n) is 1.14. The molecule has 1 rings (SSSR count). The van der Waals surface area contributed by atoms with Crippen LogP contribution in [0.25, 0.3) is 0 Å². The molecule has 1 aromatic rings. The molecule has 0 aliphatic heterocycles. The van der Waals surface area contributed by atoms with Crippen molar-refractivity contribution in [3.63, 3.8) is 0 Å². The van der Waals surface area contributed by atoms with Gasteiger partial charge in [-0.05, 0) is 12.1 Å². The highest BCUT2D eigenvalue weighted by Gasteiger charge is 2.20. The van der Waals surface area contributed by atoms with E-state index in [0.29, 0.717) is 12.1 Å². The standard InChI is InChI=1S/C10H8F2N2O5/c11-6-1-4(5(10(17)18)2-7(6)12)9(16)14-19-3-8(13)15/h1-2H,3H2,(H2,13,15)(H,14,16)(H,17,18). The van der Waals surface area contributed by atoms with Crippen molar-refractivity contribution in [2.75, 3.05) is 6.61 Å². The number of primary amides is 1. The first kappa shape index (κ1) is 14.5. The Labute approximate surface area is 104 Å². The van der Waals surface area contributed by atoms with E-state index in [1.165, 1.54) is 0 Å². The summed E-state index contributed by atoms with van der Waals surface area (Å²) in [5.41, 5.74) is 4.99. The Morgan fingerprint density at radius 1 is 1.21 bits per heavy atom. The summed E-state index contributed by atoms with van der Waals surface area (Å²) in [6.07, 6.45) is 0. The summed E-state index contributed by atoms with van der Waals surface area (Å²) in [5.74, 6) is -6.47. The Kier molecular flexibility index (Phi) is 4.48. The van der Waals surface area contributed by atoms with Gasteiger partial charge in [0.05, 0.1) is 11.1 Å². The smallest absolute Gasteiger partial charge is 0.336 e. The van der Waals surface area contributed by atoms with Gasteiger partial charge in [-0.1, -0.05) is 0 Å². The summed E-state index contributed by atoms with van der Waals surface area (Å²) >= 11 is 0. The molecule has 1 aromatic carbocycles. The molecule has 0 atom stereocenters. The number of hydrogen-bond donors (Lipinski definition) is 3. The number of nitrogens with two attached hydrogens (primary N) is 1. The molecule has 2 amide bonds. The first-order valence-electron chi connectivity index (χ1n) is 4.75. The minimum atomic E-state index is -1.63. The predicted molar refractivity (Wildman–Crippen MR) is 55.9 cm³/mol. The van der Waals surface area contributed by atoms with E-state index in [2.05, 4.69) is 4.84 Å². The van der Waals surface area contributed by atoms with Crippen molar-refractivity contribution in [2.45, 2.75) is 0 Å². The second-order valence-corrected chi connectivity index (χ2v) is 3.30. The maximum Gasteiger partial charge on any atom is 0.336 e. The molecule has 0 bridgehead atoms. The van der Waals surface area contributed by atoms with Crippen LogP contribution in [0.1, 0.15) is 20.7 Å². The molecule has 0 fully saturated rings. The van der Waals surface area contributed by atoms with Crippen molar-refractivity contribution in [3.8, 4) is 0 Å². The summed E-state index contributed by atoms with van der Waals surface area (Å²) in [6.45, 7) is -0.655. The molecule has 0 radical (unpaired) electrons. The van der Waals surface area contributed by atoms with Gasteiger partial charge in [-0.3, -0.25) is 14.4 Å². The summed E-state index contributed by atoms with van der Waals surface area (Å²) in [5, 5.41) is 8.76. The Bertz CT molecular complexity index is 547. The van der Waals surface area contributed by atoms with Gasteiger partial charge < -0.3 is 10.8 Å². The Balaban J connectivity index is 2.98. The van der Waals surface area contributed by atoms with Crippen molar-refractivity contribution in [1.29, 1.82) is 0 Å². The van der Waals surface area contributed by atoms with E-state index in [1.807, 2.05) is 0 Å². The summed E-state index contributed by atoms with van der Waals surface area (Å²) < 4.78 is 25.8. The fourth-order valence-corrected chi connectivity index (χ4v) is 1.14. The lowest BCUT2D eigenvalue weighted by atomic mass is 10.1. The normalized spacial score (nSPS) is 10.0. The number of carboxylic acids is 1. The third-order valence-corrected chi connectivity index (χ3v) is 1.91. The minimum Gasteiger partial charge on any atom is -0.478 e. The molecule has 102 valence electrons. The van der Waals surface area contributed by atoms with Crippen LogP contribution in [0.15, 0.2) is 12.1 Å². The van der Waals surface area contributed by atoms with Crippen LogP contribution in [0.2, 0.25) is 0 Å². The number of carbonyl (C=O) groups is 3. The van der Waals surface area contributed by atoms with E-state index in [-0.39, 0.29) is 0 Å². The van der Waals surface area contributed by atoms with Crippen molar-refractivity contribution < 1.29 is 33.1 Å². The lowest BCUT2D eigenvalue weighted by molar-refractivity contribution is -0.124. The molecule has 0 heterocycles. The molecule has 19 heavy (non-hydrogen) atoms. The van der Waals surface area contributed by atoms with Gasteiger partial charge in [0.15, 0.2) is 18.2 Å². The van der Waals surface area contributed by atoms with Gasteiger partial charge in [0.2, 0.25) is 5.91 Å². The molecule has 0 aliphatic carbocycles. The highest BCUT2D eigenvalue weighted by molar-refractivity contribution is 6.04. The average Bonchev–Trinajstić information content (AvgIpc) is 2.31. The van der Waals surface area contributed by atoms with Crippen LogP contribution >= 0.6 is 0 Å². The number of carbonyl (C=O) groups excluding carboxylic acids is 2. The average molecular weight is 274 g/mol. The Morgan fingerprint density at radius 2 is 1.74 bits per heavy atom. The molecule has 0 aliphatic rings. The highest BCUT2D eigenvalue weighted by Crippen LogP contribution is 2.15. The van der Waals surface area contributed by atoms with E-state index in [1.54, 1.807) is 5.48 Å². The molecular formula is C10H8F2N2O5. The van der Waals surface area contributed by atoms with Gasteiger partial charge in [-0.2, -0.15) is 0 Å². The van der Waals surface area contributed by atoms with Crippen LogP contribution in [0.3, 0.4) is 0 Å². The van der Waals surface area contributed by atoms with Crippen LogP contribution in [-0.4, -0.2) is 29.5 Å².